The number of alkyl halides is 1. The number of thioether (sulfide) groups is 1. The molecule has 1 nitrogen and oxygen atoms in total. The predicted octanol–water partition coefficient (Wildman–Crippen LogP) is 2.06. The number of carbonyl (C=O) groups is 1. The van der Waals surface area contributed by atoms with Crippen LogP contribution in [0.2, 0.25) is 0 Å². The summed E-state index contributed by atoms with van der Waals surface area (Å²) < 4.78 is 12.5. The van der Waals surface area contributed by atoms with E-state index in [1.165, 1.54) is 0 Å². The minimum Gasteiger partial charge on any atom is -0.300 e. The predicted molar refractivity (Wildman–Crippen MR) is 45.6 cm³/mol. The van der Waals surface area contributed by atoms with Crippen molar-refractivity contribution in [3.63, 3.8) is 0 Å². The average molecular weight is 176 g/mol. The third-order valence-electron chi connectivity index (χ3n) is 2.05. The van der Waals surface area contributed by atoms with Crippen molar-refractivity contribution in [2.45, 2.75) is 25.4 Å². The van der Waals surface area contributed by atoms with Crippen LogP contribution in [0.4, 0.5) is 4.39 Å². The van der Waals surface area contributed by atoms with E-state index in [0.717, 1.165) is 24.3 Å². The molecule has 1 heterocycles. The minimum atomic E-state index is -1.22. The lowest BCUT2D eigenvalue weighted by atomic mass is 9.97. The van der Waals surface area contributed by atoms with Gasteiger partial charge in [-0.25, -0.2) is 4.39 Å². The number of carbonyl (C=O) groups excluding carboxylic acids is 1. The van der Waals surface area contributed by atoms with Crippen LogP contribution in [-0.2, 0) is 4.79 Å². The first kappa shape index (κ1) is 9.04. The molecule has 11 heavy (non-hydrogen) atoms. The summed E-state index contributed by atoms with van der Waals surface area (Å²) in [6.45, 7) is 0. The number of aldehydes is 1. The average Bonchev–Trinajstić information content (AvgIpc) is 2.06. The van der Waals surface area contributed by atoms with Gasteiger partial charge in [0.05, 0.1) is 0 Å². The molecular weight excluding hydrogens is 163 g/mol. The fourth-order valence-electron chi connectivity index (χ4n) is 1.36. The summed E-state index contributed by atoms with van der Waals surface area (Å²) in [7, 11) is 0. The van der Waals surface area contributed by atoms with E-state index in [9.17, 15) is 9.18 Å². The lowest BCUT2D eigenvalue weighted by Gasteiger charge is -2.20. The maximum absolute atomic E-state index is 12.5. The van der Waals surface area contributed by atoms with Gasteiger partial charge in [-0.1, -0.05) is 0 Å². The van der Waals surface area contributed by atoms with Gasteiger partial charge in [-0.2, -0.15) is 11.8 Å². The summed E-state index contributed by atoms with van der Waals surface area (Å²) in [5.74, 6) is 2.73. The van der Waals surface area contributed by atoms with Crippen molar-refractivity contribution >= 4 is 18.0 Å². The van der Waals surface area contributed by atoms with Gasteiger partial charge in [-0.15, -0.1) is 0 Å². The molecule has 1 aliphatic rings. The molecule has 0 aliphatic carbocycles. The van der Waals surface area contributed by atoms with Crippen molar-refractivity contribution in [1.29, 1.82) is 0 Å². The minimum absolute atomic E-state index is 0.418. The molecule has 1 saturated heterocycles. The molecule has 64 valence electrons. The Morgan fingerprint density at radius 3 is 2.73 bits per heavy atom. The molecule has 0 bridgehead atoms. The summed E-state index contributed by atoms with van der Waals surface area (Å²) in [6.07, 6.45) is 1.81. The molecule has 1 atom stereocenters. The van der Waals surface area contributed by atoms with Gasteiger partial charge in [0.1, 0.15) is 0 Å². The topological polar surface area (TPSA) is 17.1 Å². The number of rotatable bonds is 3. The summed E-state index contributed by atoms with van der Waals surface area (Å²) in [5.41, 5.74) is 0. The highest BCUT2D eigenvalue weighted by molar-refractivity contribution is 7.99. The molecule has 0 radical (unpaired) electrons. The molecule has 1 aliphatic heterocycles. The fourth-order valence-corrected chi connectivity index (χ4v) is 2.56. The molecule has 0 aromatic carbocycles. The maximum Gasteiger partial charge on any atom is 0.155 e. The van der Waals surface area contributed by atoms with Gasteiger partial charge in [0, 0.05) is 0 Å². The Morgan fingerprint density at radius 2 is 2.18 bits per heavy atom. The van der Waals surface area contributed by atoms with Crippen LogP contribution in [0.3, 0.4) is 0 Å². The second-order valence-corrected chi connectivity index (χ2v) is 4.17. The number of hydrogen-bond donors (Lipinski definition) is 0. The number of halogens is 1. The largest absolute Gasteiger partial charge is 0.300 e. The van der Waals surface area contributed by atoms with E-state index in [4.69, 9.17) is 0 Å². The third-order valence-corrected chi connectivity index (χ3v) is 3.10. The van der Waals surface area contributed by atoms with Crippen LogP contribution in [0.5, 0.6) is 0 Å². The van der Waals surface area contributed by atoms with E-state index < -0.39 is 6.17 Å². The van der Waals surface area contributed by atoms with E-state index in [0.29, 0.717) is 18.6 Å². The van der Waals surface area contributed by atoms with Crippen molar-refractivity contribution in [3.8, 4) is 0 Å². The monoisotopic (exact) mass is 176 g/mol. The van der Waals surface area contributed by atoms with E-state index in [-0.39, 0.29) is 0 Å². The highest BCUT2D eigenvalue weighted by Crippen LogP contribution is 2.26. The van der Waals surface area contributed by atoms with Crippen molar-refractivity contribution in [3.05, 3.63) is 0 Å². The van der Waals surface area contributed by atoms with E-state index in [2.05, 4.69) is 0 Å². The first-order chi connectivity index (χ1) is 5.33. The van der Waals surface area contributed by atoms with Crippen LogP contribution in [0.15, 0.2) is 0 Å². The lowest BCUT2D eigenvalue weighted by Crippen LogP contribution is -2.15. The first-order valence-corrected chi connectivity index (χ1v) is 5.15. The second-order valence-electron chi connectivity index (χ2n) is 2.94. The summed E-state index contributed by atoms with van der Waals surface area (Å²) >= 11 is 1.92. The van der Waals surface area contributed by atoms with Gasteiger partial charge in [0.15, 0.2) is 12.5 Å². The molecule has 1 rings (SSSR count). The van der Waals surface area contributed by atoms with Crippen LogP contribution in [0.25, 0.3) is 0 Å². The van der Waals surface area contributed by atoms with Crippen molar-refractivity contribution < 1.29 is 9.18 Å². The summed E-state index contributed by atoms with van der Waals surface area (Å²) in [6, 6.07) is 0. The normalized spacial score (nSPS) is 23.0. The first-order valence-electron chi connectivity index (χ1n) is 4.00. The van der Waals surface area contributed by atoms with Crippen LogP contribution in [-0.4, -0.2) is 24.0 Å². The van der Waals surface area contributed by atoms with Gasteiger partial charge in [-0.05, 0) is 36.7 Å². The molecule has 1 unspecified atom stereocenters. The van der Waals surface area contributed by atoms with Crippen molar-refractivity contribution in [1.82, 2.24) is 0 Å². The zero-order valence-corrected chi connectivity index (χ0v) is 7.28. The van der Waals surface area contributed by atoms with E-state index >= 15 is 0 Å². The smallest absolute Gasteiger partial charge is 0.155 e. The molecule has 0 spiro atoms. The third kappa shape index (κ3) is 3.23. The molecule has 0 aromatic heterocycles. The van der Waals surface area contributed by atoms with Crippen molar-refractivity contribution in [2.24, 2.45) is 5.92 Å². The molecule has 0 saturated carbocycles. The Balaban J connectivity index is 2.18. The highest BCUT2D eigenvalue weighted by atomic mass is 32.2. The Kier molecular flexibility index (Phi) is 3.91. The Morgan fingerprint density at radius 1 is 1.55 bits per heavy atom. The molecule has 0 N–H and O–H groups in total. The second kappa shape index (κ2) is 4.75. The molecule has 0 aromatic rings. The molecule has 1 fully saturated rings. The maximum atomic E-state index is 12.5. The standard InChI is InChI=1S/C8H13FOS/c9-8(6-10)5-7-1-3-11-4-2-7/h6-8H,1-5H2. The SMILES string of the molecule is O=CC(F)CC1CCSCC1. The lowest BCUT2D eigenvalue weighted by molar-refractivity contribution is -0.112. The van der Waals surface area contributed by atoms with Gasteiger partial charge < -0.3 is 4.79 Å². The quantitative estimate of drug-likeness (QED) is 0.612. The Bertz CT molecular complexity index is 123. The van der Waals surface area contributed by atoms with Crippen LogP contribution in [0, 0.1) is 5.92 Å². The van der Waals surface area contributed by atoms with Gasteiger partial charge in [0.25, 0.3) is 0 Å². The molecule has 3 heteroatoms. The zero-order chi connectivity index (χ0) is 8.10. The summed E-state index contributed by atoms with van der Waals surface area (Å²) in [4.78, 5) is 10.00. The highest BCUT2D eigenvalue weighted by Gasteiger charge is 2.17. The Labute approximate surface area is 70.7 Å². The van der Waals surface area contributed by atoms with E-state index in [1.807, 2.05) is 11.8 Å². The summed E-state index contributed by atoms with van der Waals surface area (Å²) in [5, 5.41) is 0. The fraction of sp³-hybridized carbons (Fsp3) is 0.875. The van der Waals surface area contributed by atoms with Gasteiger partial charge in [0.2, 0.25) is 0 Å². The van der Waals surface area contributed by atoms with Gasteiger partial charge in [-0.3, -0.25) is 0 Å². The zero-order valence-electron chi connectivity index (χ0n) is 6.46. The van der Waals surface area contributed by atoms with Crippen molar-refractivity contribution in [2.75, 3.05) is 11.5 Å². The van der Waals surface area contributed by atoms with Crippen LogP contribution < -0.4 is 0 Å². The number of hydrogen-bond acceptors (Lipinski definition) is 2. The molecule has 0 amide bonds. The molecular formula is C8H13FOS. The van der Waals surface area contributed by atoms with Crippen LogP contribution >= 0.6 is 11.8 Å². The van der Waals surface area contributed by atoms with Crippen LogP contribution in [0.1, 0.15) is 19.3 Å². The Hall–Kier alpha value is -0.0500. The van der Waals surface area contributed by atoms with E-state index in [1.54, 1.807) is 0 Å². The van der Waals surface area contributed by atoms with Gasteiger partial charge >= 0.3 is 0 Å².